The Hall–Kier alpha value is -3.49. The van der Waals surface area contributed by atoms with Crippen LogP contribution in [0.2, 0.25) is 0 Å². The van der Waals surface area contributed by atoms with E-state index in [4.69, 9.17) is 5.11 Å². The molecule has 0 unspecified atom stereocenters. The van der Waals surface area contributed by atoms with Crippen molar-refractivity contribution in [1.29, 1.82) is 0 Å². The van der Waals surface area contributed by atoms with Crippen LogP contribution in [0.5, 0.6) is 5.75 Å². The minimum Gasteiger partial charge on any atom is -0.478 e. The van der Waals surface area contributed by atoms with Gasteiger partial charge in [0.15, 0.2) is 0 Å². The van der Waals surface area contributed by atoms with Gasteiger partial charge in [0, 0.05) is 24.2 Å². The zero-order chi connectivity index (χ0) is 24.5. The standard InChI is InChI=1S/C24H25F3N2O4/c1-5-28-20-12-17(15(4)10-19(20)29(14(2)3)13-22(28)30)18-11-16(7-9-23(31)32)6-8-21(18)33-24(25,26)27/h6-12,14H,5,13H2,1-4H3,(H,31,32). The molecule has 2 aromatic carbocycles. The summed E-state index contributed by atoms with van der Waals surface area (Å²) in [5.74, 6) is -1.69. The summed E-state index contributed by atoms with van der Waals surface area (Å²) in [5, 5.41) is 8.89. The molecule has 1 aliphatic rings. The summed E-state index contributed by atoms with van der Waals surface area (Å²) in [6.07, 6.45) is -2.71. The topological polar surface area (TPSA) is 70.1 Å². The number of benzene rings is 2. The number of hydrogen-bond donors (Lipinski definition) is 1. The Morgan fingerprint density at radius 3 is 2.45 bits per heavy atom. The number of alkyl halides is 3. The summed E-state index contributed by atoms with van der Waals surface area (Å²) in [4.78, 5) is 27.2. The first-order valence-electron chi connectivity index (χ1n) is 10.4. The molecule has 0 aromatic heterocycles. The summed E-state index contributed by atoms with van der Waals surface area (Å²) >= 11 is 0. The van der Waals surface area contributed by atoms with E-state index in [0.717, 1.165) is 17.8 Å². The molecule has 9 heteroatoms. The van der Waals surface area contributed by atoms with E-state index in [1.165, 1.54) is 18.2 Å². The fourth-order valence-electron chi connectivity index (χ4n) is 3.92. The number of carboxylic acid groups (broad SMARTS) is 1. The Kier molecular flexibility index (Phi) is 6.71. The van der Waals surface area contributed by atoms with Gasteiger partial charge in [-0.25, -0.2) is 4.79 Å². The van der Waals surface area contributed by atoms with Crippen molar-refractivity contribution in [2.24, 2.45) is 0 Å². The molecule has 0 spiro atoms. The van der Waals surface area contributed by atoms with Crippen LogP contribution in [0.4, 0.5) is 24.5 Å². The van der Waals surface area contributed by atoms with Crippen molar-refractivity contribution in [2.45, 2.75) is 40.1 Å². The van der Waals surface area contributed by atoms with Gasteiger partial charge in [-0.1, -0.05) is 6.07 Å². The molecule has 3 rings (SSSR count). The Bertz CT molecular complexity index is 1110. The van der Waals surface area contributed by atoms with E-state index < -0.39 is 18.1 Å². The molecule has 1 N–H and O–H groups in total. The van der Waals surface area contributed by atoms with Gasteiger partial charge >= 0.3 is 12.3 Å². The van der Waals surface area contributed by atoms with Crippen LogP contribution in [-0.4, -0.2) is 42.5 Å². The highest BCUT2D eigenvalue weighted by molar-refractivity contribution is 6.04. The third kappa shape index (κ3) is 5.30. The predicted octanol–water partition coefficient (Wildman–Crippen LogP) is 5.24. The molecule has 0 saturated carbocycles. The lowest BCUT2D eigenvalue weighted by molar-refractivity contribution is -0.274. The molecule has 6 nitrogen and oxygen atoms in total. The molecular formula is C24H25F3N2O4. The molecule has 0 atom stereocenters. The molecule has 1 heterocycles. The molecule has 1 aliphatic heterocycles. The number of aryl methyl sites for hydroxylation is 1. The van der Waals surface area contributed by atoms with Crippen LogP contribution in [0.3, 0.4) is 0 Å². The first-order valence-corrected chi connectivity index (χ1v) is 10.4. The second-order valence-corrected chi connectivity index (χ2v) is 7.99. The maximum absolute atomic E-state index is 13.1. The number of fused-ring (bicyclic) bond motifs is 1. The van der Waals surface area contributed by atoms with Crippen LogP contribution in [0.15, 0.2) is 36.4 Å². The zero-order valence-electron chi connectivity index (χ0n) is 18.7. The number of nitrogens with zero attached hydrogens (tertiary/aromatic N) is 2. The maximum Gasteiger partial charge on any atom is 0.573 e. The van der Waals surface area contributed by atoms with Crippen molar-refractivity contribution < 1.29 is 32.6 Å². The summed E-state index contributed by atoms with van der Waals surface area (Å²) in [7, 11) is 0. The first-order chi connectivity index (χ1) is 15.4. The zero-order valence-corrected chi connectivity index (χ0v) is 18.7. The first kappa shape index (κ1) is 24.2. The van der Waals surface area contributed by atoms with Crippen LogP contribution in [-0.2, 0) is 9.59 Å². The van der Waals surface area contributed by atoms with Gasteiger partial charge in [-0.15, -0.1) is 13.2 Å². The third-order valence-electron chi connectivity index (χ3n) is 5.41. The van der Waals surface area contributed by atoms with Crippen LogP contribution in [0, 0.1) is 6.92 Å². The number of aliphatic carboxylic acids is 1. The number of carbonyl (C=O) groups excluding carboxylic acids is 1. The lowest BCUT2D eigenvalue weighted by Crippen LogP contribution is -2.48. The fourth-order valence-corrected chi connectivity index (χ4v) is 3.92. The van der Waals surface area contributed by atoms with Crippen LogP contribution in [0.1, 0.15) is 31.9 Å². The highest BCUT2D eigenvalue weighted by Crippen LogP contribution is 2.43. The Labute approximate surface area is 189 Å². The number of hydrogen-bond acceptors (Lipinski definition) is 4. The van der Waals surface area contributed by atoms with E-state index in [1.807, 2.05) is 31.7 Å². The highest BCUT2D eigenvalue weighted by Gasteiger charge is 2.34. The molecule has 176 valence electrons. The quantitative estimate of drug-likeness (QED) is 0.595. The minimum atomic E-state index is -4.91. The molecule has 2 aromatic rings. The number of carbonyl (C=O) groups is 2. The molecule has 1 amide bonds. The number of amides is 1. The Balaban J connectivity index is 2.24. The summed E-state index contributed by atoms with van der Waals surface area (Å²) < 4.78 is 43.6. The van der Waals surface area contributed by atoms with Gasteiger partial charge in [0.1, 0.15) is 5.75 Å². The number of anilines is 2. The number of halogens is 3. The molecule has 33 heavy (non-hydrogen) atoms. The van der Waals surface area contributed by atoms with Crippen molar-refractivity contribution >= 4 is 29.3 Å². The summed E-state index contributed by atoms with van der Waals surface area (Å²) in [6.45, 7) is 8.17. The minimum absolute atomic E-state index is 0.0468. The summed E-state index contributed by atoms with van der Waals surface area (Å²) in [6, 6.07) is 7.55. The van der Waals surface area contributed by atoms with Gasteiger partial charge in [-0.3, -0.25) is 4.79 Å². The smallest absolute Gasteiger partial charge is 0.478 e. The number of ether oxygens (including phenoxy) is 1. The van der Waals surface area contributed by atoms with Crippen molar-refractivity contribution in [3.63, 3.8) is 0 Å². The average molecular weight is 462 g/mol. The van der Waals surface area contributed by atoms with Gasteiger partial charge < -0.3 is 19.6 Å². The Morgan fingerprint density at radius 1 is 1.18 bits per heavy atom. The third-order valence-corrected chi connectivity index (χ3v) is 5.41. The highest BCUT2D eigenvalue weighted by atomic mass is 19.4. The second-order valence-electron chi connectivity index (χ2n) is 7.99. The van der Waals surface area contributed by atoms with E-state index >= 15 is 0 Å². The lowest BCUT2D eigenvalue weighted by atomic mass is 9.94. The molecule has 0 fully saturated rings. The van der Waals surface area contributed by atoms with Crippen molar-refractivity contribution in [3.8, 4) is 16.9 Å². The monoisotopic (exact) mass is 462 g/mol. The molecular weight excluding hydrogens is 437 g/mol. The SMILES string of the molecule is CCN1C(=O)CN(C(C)C)c2cc(C)c(-c3cc(C=CC(=O)O)ccc3OC(F)(F)F)cc21. The molecule has 0 aliphatic carbocycles. The van der Waals surface area contributed by atoms with E-state index in [9.17, 15) is 22.8 Å². The van der Waals surface area contributed by atoms with Crippen LogP contribution < -0.4 is 14.5 Å². The Morgan fingerprint density at radius 2 is 1.88 bits per heavy atom. The molecule has 0 radical (unpaired) electrons. The second kappa shape index (κ2) is 9.17. The average Bonchev–Trinajstić information content (AvgIpc) is 2.71. The summed E-state index contributed by atoms with van der Waals surface area (Å²) in [5.41, 5.74) is 3.11. The maximum atomic E-state index is 13.1. The van der Waals surface area contributed by atoms with E-state index in [0.29, 0.717) is 28.9 Å². The van der Waals surface area contributed by atoms with Gasteiger partial charge in [0.25, 0.3) is 0 Å². The van der Waals surface area contributed by atoms with E-state index in [-0.39, 0.29) is 24.1 Å². The van der Waals surface area contributed by atoms with Crippen LogP contribution >= 0.6 is 0 Å². The van der Waals surface area contributed by atoms with Crippen molar-refractivity contribution in [1.82, 2.24) is 0 Å². The number of rotatable bonds is 6. The predicted molar refractivity (Wildman–Crippen MR) is 120 cm³/mol. The number of likely N-dealkylation sites (N-methyl/N-ethyl adjacent to an activating group) is 1. The van der Waals surface area contributed by atoms with E-state index in [1.54, 1.807) is 17.9 Å². The lowest BCUT2D eigenvalue weighted by Gasteiger charge is -2.40. The largest absolute Gasteiger partial charge is 0.573 e. The van der Waals surface area contributed by atoms with Gasteiger partial charge in [-0.05, 0) is 74.7 Å². The van der Waals surface area contributed by atoms with Gasteiger partial charge in [-0.2, -0.15) is 0 Å². The number of carboxylic acids is 1. The fraction of sp³-hybridized carbons (Fsp3) is 0.333. The van der Waals surface area contributed by atoms with Gasteiger partial charge in [0.2, 0.25) is 5.91 Å². The van der Waals surface area contributed by atoms with Crippen molar-refractivity contribution in [3.05, 3.63) is 47.5 Å². The molecule has 0 saturated heterocycles. The van der Waals surface area contributed by atoms with Crippen molar-refractivity contribution in [2.75, 3.05) is 22.9 Å². The van der Waals surface area contributed by atoms with E-state index in [2.05, 4.69) is 4.74 Å². The normalized spacial score (nSPS) is 14.2. The molecule has 0 bridgehead atoms. The van der Waals surface area contributed by atoms with Gasteiger partial charge in [0.05, 0.1) is 17.9 Å². The van der Waals surface area contributed by atoms with Crippen LogP contribution in [0.25, 0.3) is 17.2 Å².